The summed E-state index contributed by atoms with van der Waals surface area (Å²) in [6, 6.07) is 3.21. The summed E-state index contributed by atoms with van der Waals surface area (Å²) in [5.41, 5.74) is 0.228. The zero-order chi connectivity index (χ0) is 15.6. The van der Waals surface area contributed by atoms with E-state index in [2.05, 4.69) is 0 Å². The van der Waals surface area contributed by atoms with Crippen molar-refractivity contribution >= 4 is 15.7 Å². The molecule has 0 saturated carbocycles. The lowest BCUT2D eigenvalue weighted by atomic mass is 10.0. The molecule has 116 valence electrons. The monoisotopic (exact) mass is 317 g/mol. The van der Waals surface area contributed by atoms with Crippen LogP contribution in [0.25, 0.3) is 0 Å². The SMILES string of the molecule is CN(Cc1ccc(F)cc1F)C(=O)CC1CCS(=O)(=O)C1. The molecule has 1 aliphatic rings. The lowest BCUT2D eigenvalue weighted by Gasteiger charge is -2.19. The molecule has 1 aliphatic heterocycles. The maximum absolute atomic E-state index is 13.5. The molecular weight excluding hydrogens is 300 g/mol. The maximum Gasteiger partial charge on any atom is 0.222 e. The van der Waals surface area contributed by atoms with Crippen molar-refractivity contribution in [2.45, 2.75) is 19.4 Å². The van der Waals surface area contributed by atoms with Crippen LogP contribution in [-0.2, 0) is 21.2 Å². The van der Waals surface area contributed by atoms with E-state index in [4.69, 9.17) is 0 Å². The van der Waals surface area contributed by atoms with Gasteiger partial charge in [0, 0.05) is 31.6 Å². The first-order chi connectivity index (χ1) is 9.77. The summed E-state index contributed by atoms with van der Waals surface area (Å²) >= 11 is 0. The zero-order valence-electron chi connectivity index (χ0n) is 11.7. The summed E-state index contributed by atoms with van der Waals surface area (Å²) < 4.78 is 49.0. The average molecular weight is 317 g/mol. The number of rotatable bonds is 4. The van der Waals surface area contributed by atoms with Crippen molar-refractivity contribution in [2.24, 2.45) is 5.92 Å². The number of sulfone groups is 1. The van der Waals surface area contributed by atoms with Gasteiger partial charge in [0.05, 0.1) is 11.5 Å². The molecular formula is C14H17F2NO3S. The van der Waals surface area contributed by atoms with E-state index in [1.807, 2.05) is 0 Å². The Labute approximate surface area is 122 Å². The smallest absolute Gasteiger partial charge is 0.222 e. The predicted molar refractivity (Wildman–Crippen MR) is 74.2 cm³/mol. The van der Waals surface area contributed by atoms with Crippen LogP contribution in [0.1, 0.15) is 18.4 Å². The van der Waals surface area contributed by atoms with Crippen LogP contribution < -0.4 is 0 Å². The third-order valence-corrected chi connectivity index (χ3v) is 5.48. The Balaban J connectivity index is 1.94. The van der Waals surface area contributed by atoms with Crippen LogP contribution >= 0.6 is 0 Å². The highest BCUT2D eigenvalue weighted by atomic mass is 32.2. The summed E-state index contributed by atoms with van der Waals surface area (Å²) in [6.07, 6.45) is 0.630. The zero-order valence-corrected chi connectivity index (χ0v) is 12.5. The second kappa shape index (κ2) is 6.09. The van der Waals surface area contributed by atoms with Gasteiger partial charge in [0.1, 0.15) is 11.6 Å². The largest absolute Gasteiger partial charge is 0.341 e. The maximum atomic E-state index is 13.5. The van der Waals surface area contributed by atoms with Crippen molar-refractivity contribution in [3.05, 3.63) is 35.4 Å². The van der Waals surface area contributed by atoms with Crippen molar-refractivity contribution in [3.63, 3.8) is 0 Å². The van der Waals surface area contributed by atoms with Crippen LogP contribution in [0.3, 0.4) is 0 Å². The fourth-order valence-electron chi connectivity index (χ4n) is 2.43. The van der Waals surface area contributed by atoms with Crippen LogP contribution in [0.5, 0.6) is 0 Å². The van der Waals surface area contributed by atoms with Gasteiger partial charge in [-0.1, -0.05) is 6.07 Å². The number of halogens is 2. The Morgan fingerprint density at radius 1 is 1.38 bits per heavy atom. The van der Waals surface area contributed by atoms with Gasteiger partial charge in [0.25, 0.3) is 0 Å². The molecule has 4 nitrogen and oxygen atoms in total. The number of hydrogen-bond donors (Lipinski definition) is 0. The highest BCUT2D eigenvalue weighted by Gasteiger charge is 2.30. The lowest BCUT2D eigenvalue weighted by Crippen LogP contribution is -2.28. The molecule has 0 N–H and O–H groups in total. The van der Waals surface area contributed by atoms with Crippen molar-refractivity contribution in [3.8, 4) is 0 Å². The molecule has 1 amide bonds. The molecule has 1 unspecified atom stereocenters. The van der Waals surface area contributed by atoms with Gasteiger partial charge in [-0.05, 0) is 18.4 Å². The first-order valence-corrected chi connectivity index (χ1v) is 8.47. The summed E-state index contributed by atoms with van der Waals surface area (Å²) in [5.74, 6) is -1.60. The number of nitrogens with zero attached hydrogens (tertiary/aromatic N) is 1. The van der Waals surface area contributed by atoms with E-state index in [1.165, 1.54) is 18.0 Å². The van der Waals surface area contributed by atoms with E-state index in [-0.39, 0.29) is 41.9 Å². The van der Waals surface area contributed by atoms with Crippen molar-refractivity contribution in [1.82, 2.24) is 4.90 Å². The summed E-state index contributed by atoms with van der Waals surface area (Å²) in [6.45, 7) is 0.0322. The van der Waals surface area contributed by atoms with Crippen molar-refractivity contribution in [1.29, 1.82) is 0 Å². The van der Waals surface area contributed by atoms with Crippen molar-refractivity contribution < 1.29 is 22.0 Å². The number of hydrogen-bond acceptors (Lipinski definition) is 3. The first kappa shape index (κ1) is 15.9. The number of carbonyl (C=O) groups is 1. The molecule has 0 aliphatic carbocycles. The molecule has 1 atom stereocenters. The van der Waals surface area contributed by atoms with Gasteiger partial charge in [-0.25, -0.2) is 17.2 Å². The Morgan fingerprint density at radius 3 is 2.67 bits per heavy atom. The quantitative estimate of drug-likeness (QED) is 0.850. The van der Waals surface area contributed by atoms with Gasteiger partial charge in [-0.3, -0.25) is 4.79 Å². The molecule has 2 rings (SSSR count). The van der Waals surface area contributed by atoms with E-state index in [0.29, 0.717) is 6.42 Å². The number of amides is 1. The van der Waals surface area contributed by atoms with Crippen LogP contribution in [0.2, 0.25) is 0 Å². The van der Waals surface area contributed by atoms with E-state index in [1.54, 1.807) is 0 Å². The molecule has 0 aromatic heterocycles. The molecule has 1 heterocycles. The van der Waals surface area contributed by atoms with Crippen LogP contribution in [0.4, 0.5) is 8.78 Å². The third-order valence-electron chi connectivity index (χ3n) is 3.64. The minimum Gasteiger partial charge on any atom is -0.341 e. The second-order valence-corrected chi connectivity index (χ2v) is 7.69. The molecule has 21 heavy (non-hydrogen) atoms. The van der Waals surface area contributed by atoms with E-state index in [9.17, 15) is 22.0 Å². The first-order valence-electron chi connectivity index (χ1n) is 6.65. The minimum atomic E-state index is -3.01. The van der Waals surface area contributed by atoms with Gasteiger partial charge < -0.3 is 4.90 Å². The fourth-order valence-corrected chi connectivity index (χ4v) is 4.29. The van der Waals surface area contributed by atoms with E-state index >= 15 is 0 Å². The standard InChI is InChI=1S/C14H17F2NO3S/c1-17(8-11-2-3-12(15)7-13(11)16)14(18)6-10-4-5-21(19,20)9-10/h2-3,7,10H,4-6,8-9H2,1H3. The van der Waals surface area contributed by atoms with E-state index < -0.39 is 21.5 Å². The Kier molecular flexibility index (Phi) is 4.61. The Hall–Kier alpha value is -1.50. The van der Waals surface area contributed by atoms with Gasteiger partial charge in [0.2, 0.25) is 5.91 Å². The molecule has 1 aromatic carbocycles. The van der Waals surface area contributed by atoms with Gasteiger partial charge in [-0.2, -0.15) is 0 Å². The third kappa shape index (κ3) is 4.23. The van der Waals surface area contributed by atoms with Gasteiger partial charge >= 0.3 is 0 Å². The van der Waals surface area contributed by atoms with Crippen LogP contribution in [-0.4, -0.2) is 37.8 Å². The van der Waals surface area contributed by atoms with Crippen molar-refractivity contribution in [2.75, 3.05) is 18.6 Å². The topological polar surface area (TPSA) is 54.5 Å². The molecule has 1 aromatic rings. The van der Waals surface area contributed by atoms with E-state index in [0.717, 1.165) is 12.1 Å². The normalized spacial score (nSPS) is 20.4. The van der Waals surface area contributed by atoms with Gasteiger partial charge in [-0.15, -0.1) is 0 Å². The number of benzene rings is 1. The molecule has 1 saturated heterocycles. The Morgan fingerprint density at radius 2 is 2.10 bits per heavy atom. The van der Waals surface area contributed by atoms with Gasteiger partial charge in [0.15, 0.2) is 9.84 Å². The number of carbonyl (C=O) groups excluding carboxylic acids is 1. The highest BCUT2D eigenvalue weighted by Crippen LogP contribution is 2.22. The minimum absolute atomic E-state index is 0.0322. The van der Waals surface area contributed by atoms with Crippen LogP contribution in [0.15, 0.2) is 18.2 Å². The molecule has 0 bridgehead atoms. The summed E-state index contributed by atoms with van der Waals surface area (Å²) in [4.78, 5) is 13.4. The molecule has 7 heteroatoms. The Bertz CT molecular complexity index is 646. The average Bonchev–Trinajstić information content (AvgIpc) is 2.72. The molecule has 0 spiro atoms. The molecule has 0 radical (unpaired) electrons. The highest BCUT2D eigenvalue weighted by molar-refractivity contribution is 7.91. The van der Waals surface area contributed by atoms with Crippen LogP contribution in [0, 0.1) is 17.6 Å². The second-order valence-electron chi connectivity index (χ2n) is 5.46. The predicted octanol–water partition coefficient (Wildman–Crippen LogP) is 1.75. The fraction of sp³-hybridized carbons (Fsp3) is 0.500. The molecule has 1 fully saturated rings. The lowest BCUT2D eigenvalue weighted by molar-refractivity contribution is -0.131. The summed E-state index contributed by atoms with van der Waals surface area (Å²) in [7, 11) is -1.49. The summed E-state index contributed by atoms with van der Waals surface area (Å²) in [5, 5.41) is 0.